The van der Waals surface area contributed by atoms with Crippen molar-refractivity contribution in [3.63, 3.8) is 0 Å². The monoisotopic (exact) mass is 581 g/mol. The molecule has 3 aliphatic heterocycles. The summed E-state index contributed by atoms with van der Waals surface area (Å²) in [5, 5.41) is 20.7. The number of fused-ring (bicyclic) bond motifs is 6. The van der Waals surface area contributed by atoms with Crippen LogP contribution in [0.25, 0.3) is 17.0 Å². The highest BCUT2D eigenvalue weighted by Gasteiger charge is 2.39. The number of hydrogen-bond acceptors (Lipinski definition) is 10. The Labute approximate surface area is 243 Å². The van der Waals surface area contributed by atoms with E-state index in [0.29, 0.717) is 29.1 Å². The summed E-state index contributed by atoms with van der Waals surface area (Å²) in [6.45, 7) is 9.89. The van der Waals surface area contributed by atoms with Crippen molar-refractivity contribution >= 4 is 22.9 Å². The van der Waals surface area contributed by atoms with E-state index >= 15 is 0 Å². The third-order valence-corrected chi connectivity index (χ3v) is 8.07. The summed E-state index contributed by atoms with van der Waals surface area (Å²) >= 11 is 0. The van der Waals surface area contributed by atoms with Gasteiger partial charge in [0, 0.05) is 18.2 Å². The van der Waals surface area contributed by atoms with Gasteiger partial charge in [0.2, 0.25) is 0 Å². The van der Waals surface area contributed by atoms with Gasteiger partial charge in [-0.2, -0.15) is 4.98 Å². The third-order valence-electron chi connectivity index (χ3n) is 8.07. The van der Waals surface area contributed by atoms with Gasteiger partial charge >= 0.3 is 11.3 Å². The molecule has 4 N–H and O–H groups in total. The molecule has 3 aromatic rings. The topological polar surface area (TPSA) is 159 Å². The van der Waals surface area contributed by atoms with Gasteiger partial charge in [0.05, 0.1) is 35.3 Å². The number of ether oxygens (including phenoxy) is 3. The summed E-state index contributed by atoms with van der Waals surface area (Å²) in [6.07, 6.45) is 7.15. The second kappa shape index (κ2) is 11.5. The van der Waals surface area contributed by atoms with Crippen molar-refractivity contribution in [1.29, 1.82) is 0 Å². The molecule has 0 saturated carbocycles. The Morgan fingerprint density at radius 2 is 1.95 bits per heavy atom. The van der Waals surface area contributed by atoms with E-state index in [0.717, 1.165) is 35.8 Å². The van der Waals surface area contributed by atoms with E-state index in [1.807, 2.05) is 39.8 Å². The van der Waals surface area contributed by atoms with Gasteiger partial charge in [-0.05, 0) is 63.8 Å². The fraction of sp³-hybridized carbons (Fsp3) is 0.516. The second-order valence-electron chi connectivity index (χ2n) is 11.7. The molecule has 3 aliphatic rings. The zero-order valence-corrected chi connectivity index (χ0v) is 24.6. The quantitative estimate of drug-likeness (QED) is 0.386. The molecular formula is C31H39N3O8. The summed E-state index contributed by atoms with van der Waals surface area (Å²) < 4.78 is 25.0. The van der Waals surface area contributed by atoms with Crippen LogP contribution < -0.4 is 26.5 Å². The maximum Gasteiger partial charge on any atom is 0.351 e. The molecular weight excluding hydrogens is 542 g/mol. The summed E-state index contributed by atoms with van der Waals surface area (Å²) in [5.41, 5.74) is 6.68. The Morgan fingerprint density at radius 3 is 2.62 bits per heavy atom. The Kier molecular flexibility index (Phi) is 8.19. The molecule has 226 valence electrons. The number of hydrogen-bond donors (Lipinski definition) is 3. The molecule has 1 fully saturated rings. The Bertz CT molecular complexity index is 1630. The number of rotatable bonds is 4. The van der Waals surface area contributed by atoms with Crippen LogP contribution in [0.5, 0.6) is 11.5 Å². The molecule has 11 heteroatoms. The molecule has 0 aliphatic carbocycles. The van der Waals surface area contributed by atoms with E-state index in [4.69, 9.17) is 29.5 Å². The van der Waals surface area contributed by atoms with Crippen LogP contribution >= 0.6 is 0 Å². The van der Waals surface area contributed by atoms with Crippen LogP contribution in [-0.2, 0) is 11.2 Å². The number of nitrogens with zero attached hydrogens (tertiary/aromatic N) is 2. The van der Waals surface area contributed by atoms with E-state index < -0.39 is 23.0 Å². The van der Waals surface area contributed by atoms with Gasteiger partial charge < -0.3 is 34.6 Å². The first-order chi connectivity index (χ1) is 19.9. The molecule has 11 nitrogen and oxygen atoms in total. The standard InChI is InChI=1S/C22H26O5.C9H13N3O3/c1-6-7-13-10-15(23)26-21-16(13)20-14(8-9-22(4,5)27-20)19-17(21)18(24)11(2)12(3)25-19;10-7-3-4-12(9(14)11-7)8-2-1-6(5-13)15-8/h8-12,18,24H,6-7H2,1-5H3;3-4,6,8,13H,1-2,5H2,(H2,10,11,14)/t11-,12-,18+;6-,8+/m10/s1. The number of nitrogens with two attached hydrogens (primary N) is 1. The summed E-state index contributed by atoms with van der Waals surface area (Å²) in [7, 11) is 0. The number of aromatic nitrogens is 2. The first-order valence-electron chi connectivity index (χ1n) is 14.4. The van der Waals surface area contributed by atoms with E-state index in [1.54, 1.807) is 12.3 Å². The first-order valence-corrected chi connectivity index (χ1v) is 14.4. The number of nitrogen functional groups attached to an aromatic ring is 1. The molecule has 0 amide bonds. The zero-order valence-electron chi connectivity index (χ0n) is 24.6. The van der Waals surface area contributed by atoms with Crippen LogP contribution in [0.3, 0.4) is 0 Å². The smallest absolute Gasteiger partial charge is 0.351 e. The van der Waals surface area contributed by atoms with Crippen molar-refractivity contribution in [1.82, 2.24) is 9.55 Å². The van der Waals surface area contributed by atoms with Gasteiger partial charge in [0.25, 0.3) is 0 Å². The molecule has 2 aromatic heterocycles. The molecule has 5 heterocycles. The van der Waals surface area contributed by atoms with Crippen molar-refractivity contribution in [3.8, 4) is 11.5 Å². The number of anilines is 1. The van der Waals surface area contributed by atoms with Crippen molar-refractivity contribution in [2.24, 2.45) is 5.92 Å². The lowest BCUT2D eigenvalue weighted by Gasteiger charge is -2.37. The van der Waals surface area contributed by atoms with E-state index in [-0.39, 0.29) is 36.8 Å². The lowest BCUT2D eigenvalue weighted by Crippen LogP contribution is -2.34. The molecule has 0 radical (unpaired) electrons. The zero-order chi connectivity index (χ0) is 30.3. The first kappa shape index (κ1) is 29.8. The highest BCUT2D eigenvalue weighted by molar-refractivity contribution is 5.97. The van der Waals surface area contributed by atoms with Crippen LogP contribution in [-0.4, -0.2) is 44.2 Å². The van der Waals surface area contributed by atoms with Crippen LogP contribution in [0.1, 0.15) is 82.9 Å². The number of aliphatic hydroxyl groups excluding tert-OH is 2. The Hall–Kier alpha value is -3.67. The molecule has 42 heavy (non-hydrogen) atoms. The van der Waals surface area contributed by atoms with Crippen molar-refractivity contribution in [2.45, 2.75) is 90.4 Å². The summed E-state index contributed by atoms with van der Waals surface area (Å²) in [4.78, 5) is 27.3. The average Bonchev–Trinajstić information content (AvgIpc) is 3.40. The fourth-order valence-electron chi connectivity index (χ4n) is 5.65. The van der Waals surface area contributed by atoms with Gasteiger partial charge in [0.1, 0.15) is 35.2 Å². The molecule has 0 spiro atoms. The van der Waals surface area contributed by atoms with E-state index in [2.05, 4.69) is 11.9 Å². The lowest BCUT2D eigenvalue weighted by atomic mass is 9.85. The average molecular weight is 582 g/mol. The lowest BCUT2D eigenvalue weighted by molar-refractivity contribution is -0.0245. The molecule has 1 aromatic carbocycles. The van der Waals surface area contributed by atoms with Crippen LogP contribution in [0.2, 0.25) is 0 Å². The predicted octanol–water partition coefficient (Wildman–Crippen LogP) is 3.88. The maximum absolute atomic E-state index is 12.3. The predicted molar refractivity (Wildman–Crippen MR) is 158 cm³/mol. The highest BCUT2D eigenvalue weighted by atomic mass is 16.5. The minimum Gasteiger partial charge on any atom is -0.489 e. The van der Waals surface area contributed by atoms with Crippen molar-refractivity contribution in [3.05, 3.63) is 62.0 Å². The van der Waals surface area contributed by atoms with Gasteiger partial charge in [-0.1, -0.05) is 20.3 Å². The molecule has 0 bridgehead atoms. The second-order valence-corrected chi connectivity index (χ2v) is 11.7. The van der Waals surface area contributed by atoms with Crippen LogP contribution in [0.15, 0.2) is 38.4 Å². The number of benzene rings is 1. The highest BCUT2D eigenvalue weighted by Crippen LogP contribution is 2.52. The van der Waals surface area contributed by atoms with Gasteiger partial charge in [-0.25, -0.2) is 9.59 Å². The largest absolute Gasteiger partial charge is 0.489 e. The molecule has 1 saturated heterocycles. The van der Waals surface area contributed by atoms with Crippen LogP contribution in [0, 0.1) is 5.92 Å². The fourth-order valence-corrected chi connectivity index (χ4v) is 5.65. The summed E-state index contributed by atoms with van der Waals surface area (Å²) in [5.74, 6) is 1.30. The minimum absolute atomic E-state index is 0.0202. The van der Waals surface area contributed by atoms with Gasteiger partial charge in [0.15, 0.2) is 5.58 Å². The van der Waals surface area contributed by atoms with Crippen molar-refractivity contribution in [2.75, 3.05) is 12.3 Å². The van der Waals surface area contributed by atoms with E-state index in [9.17, 15) is 14.7 Å². The Balaban J connectivity index is 0.000000199. The van der Waals surface area contributed by atoms with Crippen LogP contribution in [0.4, 0.5) is 5.82 Å². The SMILES string of the molecule is CCCc1cc(=O)oc2c3c(c4c(c12)OC(C)(C)C=C4)O[C@H](C)[C@@H](C)[C@@H]3O.Nc1ccn([C@H]2CC[C@@H](CO)O2)c(=O)n1. The molecule has 6 rings (SSSR count). The van der Waals surface area contributed by atoms with Crippen molar-refractivity contribution < 1.29 is 28.8 Å². The third kappa shape index (κ3) is 5.56. The van der Waals surface area contributed by atoms with Gasteiger partial charge in [-0.3, -0.25) is 4.57 Å². The Morgan fingerprint density at radius 1 is 1.19 bits per heavy atom. The molecule has 5 atom stereocenters. The summed E-state index contributed by atoms with van der Waals surface area (Å²) in [6, 6.07) is 3.09. The maximum atomic E-state index is 12.3. The molecule has 0 unspecified atom stereocenters. The number of aryl methyl sites for hydroxylation is 1. The normalized spacial score (nSPS) is 25.5. The number of aliphatic hydroxyl groups is 2. The van der Waals surface area contributed by atoms with E-state index in [1.165, 1.54) is 10.6 Å². The van der Waals surface area contributed by atoms with Gasteiger partial charge in [-0.15, -0.1) is 0 Å². The minimum atomic E-state index is -0.778.